The Morgan fingerprint density at radius 2 is 1.73 bits per heavy atom. The number of hydrogen-bond acceptors (Lipinski definition) is 7. The fourth-order valence-electron chi connectivity index (χ4n) is 5.98. The summed E-state index contributed by atoms with van der Waals surface area (Å²) >= 11 is 0. The number of likely N-dealkylation sites (N-methyl/N-ethyl adjacent to an activating group) is 1. The number of anilines is 1. The van der Waals surface area contributed by atoms with Crippen molar-refractivity contribution in [3.8, 4) is 0 Å². The van der Waals surface area contributed by atoms with Crippen molar-refractivity contribution in [3.63, 3.8) is 0 Å². The van der Waals surface area contributed by atoms with Crippen LogP contribution in [0.2, 0.25) is 0 Å². The lowest BCUT2D eigenvalue weighted by molar-refractivity contribution is -0.151. The van der Waals surface area contributed by atoms with Gasteiger partial charge in [0.25, 0.3) is 5.91 Å². The van der Waals surface area contributed by atoms with Crippen LogP contribution in [0.15, 0.2) is 59.6 Å². The first-order valence-electron chi connectivity index (χ1n) is 14.7. The lowest BCUT2D eigenvalue weighted by atomic mass is 9.91. The van der Waals surface area contributed by atoms with E-state index in [2.05, 4.69) is 6.92 Å². The fourth-order valence-corrected chi connectivity index (χ4v) is 5.98. The number of nitrogens with zero attached hydrogens (tertiary/aromatic N) is 5. The summed E-state index contributed by atoms with van der Waals surface area (Å²) in [5, 5.41) is 13.9. The van der Waals surface area contributed by atoms with Crippen LogP contribution in [0.5, 0.6) is 0 Å². The van der Waals surface area contributed by atoms with Gasteiger partial charge < -0.3 is 10.8 Å². The Balaban J connectivity index is 1.81. The zero-order valence-electron chi connectivity index (χ0n) is 24.1. The summed E-state index contributed by atoms with van der Waals surface area (Å²) in [6, 6.07) is 16.7. The number of rotatable bonds is 14. The largest absolute Gasteiger partial charge is 0.399 e. The van der Waals surface area contributed by atoms with Gasteiger partial charge in [0.1, 0.15) is 5.84 Å². The van der Waals surface area contributed by atoms with Gasteiger partial charge in [-0.15, -0.1) is 0 Å². The van der Waals surface area contributed by atoms with E-state index in [1.54, 1.807) is 0 Å². The molecule has 3 N–H and O–H groups in total. The van der Waals surface area contributed by atoms with Crippen LogP contribution in [-0.4, -0.2) is 87.2 Å². The van der Waals surface area contributed by atoms with Crippen LogP contribution in [0.4, 0.5) is 10.5 Å². The molecule has 0 aromatic heterocycles. The van der Waals surface area contributed by atoms with Crippen LogP contribution < -0.4 is 5.73 Å². The fraction of sp³-hybridized carbons (Fsp3) is 0.516. The Morgan fingerprint density at radius 3 is 2.38 bits per heavy atom. The van der Waals surface area contributed by atoms with E-state index in [-0.39, 0.29) is 18.5 Å². The van der Waals surface area contributed by atoms with E-state index in [4.69, 9.17) is 10.7 Å². The number of aliphatic imine (C=N–C) groups is 1. The number of amidine groups is 1. The molecule has 1 fully saturated rings. The molecule has 40 heavy (non-hydrogen) atoms. The van der Waals surface area contributed by atoms with Gasteiger partial charge in [-0.2, -0.15) is 0 Å². The summed E-state index contributed by atoms with van der Waals surface area (Å²) < 4.78 is 0. The number of unbranched alkanes of at least 4 members (excludes halogenated alkanes) is 2. The summed E-state index contributed by atoms with van der Waals surface area (Å²) in [6.07, 6.45) is 4.23. The SMILES string of the molecule is CCCCCN1C(=O)C2N(N(CC)CCO)C(Cc3ccccc3)=NC2(CC)N(CCc2ccccc2N)C1=O. The number of aliphatic hydroxyl groups is 1. The molecule has 0 saturated carbocycles. The molecular weight excluding hydrogens is 504 g/mol. The third kappa shape index (κ3) is 5.71. The average molecular weight is 549 g/mol. The van der Waals surface area contributed by atoms with Gasteiger partial charge >= 0.3 is 6.03 Å². The normalized spacial score (nSPS) is 20.9. The minimum absolute atomic E-state index is 0.0564. The minimum atomic E-state index is -1.06. The number of hydrogen-bond donors (Lipinski definition) is 2. The van der Waals surface area contributed by atoms with Gasteiger partial charge in [0.2, 0.25) is 0 Å². The number of para-hydroxylation sites is 1. The second kappa shape index (κ2) is 13.3. The lowest BCUT2D eigenvalue weighted by Gasteiger charge is -2.51. The number of carbonyl (C=O) groups excluding carboxylic acids is 2. The highest BCUT2D eigenvalue weighted by molar-refractivity contribution is 6.05. The quantitative estimate of drug-likeness (QED) is 0.274. The smallest absolute Gasteiger partial charge is 0.328 e. The molecule has 0 bridgehead atoms. The van der Waals surface area contributed by atoms with E-state index in [1.807, 2.05) is 83.4 Å². The number of fused-ring (bicyclic) bond motifs is 1. The predicted octanol–water partition coefficient (Wildman–Crippen LogP) is 3.93. The molecule has 2 aromatic rings. The van der Waals surface area contributed by atoms with Gasteiger partial charge in [-0.3, -0.25) is 19.6 Å². The Kier molecular flexibility index (Phi) is 9.81. The second-order valence-electron chi connectivity index (χ2n) is 10.5. The maximum absolute atomic E-state index is 14.3. The second-order valence-corrected chi connectivity index (χ2v) is 10.5. The molecule has 2 aliphatic rings. The van der Waals surface area contributed by atoms with Crippen LogP contribution in [0.1, 0.15) is 57.6 Å². The topological polar surface area (TPSA) is 106 Å². The monoisotopic (exact) mass is 548 g/mol. The van der Waals surface area contributed by atoms with Gasteiger partial charge in [0, 0.05) is 38.3 Å². The number of nitrogens with two attached hydrogens (primary N) is 1. The first-order chi connectivity index (χ1) is 19.4. The van der Waals surface area contributed by atoms with E-state index < -0.39 is 11.7 Å². The summed E-state index contributed by atoms with van der Waals surface area (Å²) in [5.41, 5.74) is 7.92. The number of carbonyl (C=O) groups is 2. The van der Waals surface area contributed by atoms with E-state index in [0.29, 0.717) is 51.1 Å². The number of aliphatic hydroxyl groups excluding tert-OH is 1. The van der Waals surface area contributed by atoms with Crippen LogP contribution in [0.3, 0.4) is 0 Å². The predicted molar refractivity (Wildman–Crippen MR) is 158 cm³/mol. The van der Waals surface area contributed by atoms with E-state index in [0.717, 1.165) is 36.2 Å². The van der Waals surface area contributed by atoms with E-state index >= 15 is 0 Å². The molecule has 0 radical (unpaired) electrons. The molecule has 2 atom stereocenters. The molecule has 2 aromatic carbocycles. The molecule has 9 nitrogen and oxygen atoms in total. The number of benzene rings is 2. The van der Waals surface area contributed by atoms with E-state index in [9.17, 15) is 14.7 Å². The first kappa shape index (κ1) is 29.6. The van der Waals surface area contributed by atoms with Crippen molar-refractivity contribution in [2.75, 3.05) is 38.5 Å². The van der Waals surface area contributed by atoms with Crippen LogP contribution >= 0.6 is 0 Å². The van der Waals surface area contributed by atoms with Crippen molar-refractivity contribution in [2.45, 2.75) is 71.0 Å². The molecule has 4 rings (SSSR count). The number of urea groups is 1. The van der Waals surface area contributed by atoms with Crippen molar-refractivity contribution < 1.29 is 14.7 Å². The maximum Gasteiger partial charge on any atom is 0.328 e. The molecule has 2 aliphatic heterocycles. The van der Waals surface area contributed by atoms with Crippen LogP contribution in [-0.2, 0) is 17.6 Å². The third-order valence-corrected chi connectivity index (χ3v) is 8.10. The maximum atomic E-state index is 14.3. The Labute approximate surface area is 238 Å². The Hall–Kier alpha value is -3.43. The van der Waals surface area contributed by atoms with Crippen molar-refractivity contribution >= 4 is 23.5 Å². The zero-order chi connectivity index (χ0) is 28.7. The van der Waals surface area contributed by atoms with Crippen LogP contribution in [0.25, 0.3) is 0 Å². The van der Waals surface area contributed by atoms with Gasteiger partial charge in [0.05, 0.1) is 6.61 Å². The first-order valence-corrected chi connectivity index (χ1v) is 14.7. The third-order valence-electron chi connectivity index (χ3n) is 8.10. The molecule has 2 heterocycles. The molecule has 216 valence electrons. The van der Waals surface area contributed by atoms with Gasteiger partial charge in [-0.05, 0) is 36.5 Å². The highest BCUT2D eigenvalue weighted by Crippen LogP contribution is 2.42. The minimum Gasteiger partial charge on any atom is -0.399 e. The summed E-state index contributed by atoms with van der Waals surface area (Å²) in [6.45, 7) is 7.76. The Morgan fingerprint density at radius 1 is 1.00 bits per heavy atom. The van der Waals surface area contributed by atoms with Crippen molar-refractivity contribution in [1.82, 2.24) is 19.8 Å². The van der Waals surface area contributed by atoms with Gasteiger partial charge in [0.15, 0.2) is 11.7 Å². The highest BCUT2D eigenvalue weighted by Gasteiger charge is 2.62. The van der Waals surface area contributed by atoms with Gasteiger partial charge in [-0.25, -0.2) is 14.8 Å². The molecule has 0 spiro atoms. The molecule has 2 unspecified atom stereocenters. The number of imide groups is 1. The van der Waals surface area contributed by atoms with E-state index in [1.165, 1.54) is 4.90 Å². The molecule has 0 aliphatic carbocycles. The Bertz CT molecular complexity index is 1190. The summed E-state index contributed by atoms with van der Waals surface area (Å²) in [7, 11) is 0. The number of hydrazine groups is 1. The lowest BCUT2D eigenvalue weighted by Crippen LogP contribution is -2.74. The highest BCUT2D eigenvalue weighted by atomic mass is 16.3. The van der Waals surface area contributed by atoms with Gasteiger partial charge in [-0.1, -0.05) is 82.1 Å². The molecule has 3 amide bonds. The van der Waals surface area contributed by atoms with Crippen LogP contribution in [0, 0.1) is 0 Å². The van der Waals surface area contributed by atoms with Crippen molar-refractivity contribution in [3.05, 3.63) is 65.7 Å². The molecular formula is C31H44N6O3. The zero-order valence-corrected chi connectivity index (χ0v) is 24.1. The van der Waals surface area contributed by atoms with Crippen molar-refractivity contribution in [2.24, 2.45) is 4.99 Å². The summed E-state index contributed by atoms with van der Waals surface area (Å²) in [4.78, 5) is 37.0. The molecule has 1 saturated heterocycles. The number of amides is 3. The standard InChI is InChI=1S/C31H44N6O3/c1-4-7-13-19-35-29(39)28-31(5-2,36(30(35)40)20-18-25-16-11-12-17-26(25)32)33-27(23-24-14-9-8-10-15-24)37(28)34(6-3)21-22-38/h8-12,14-17,28,38H,4-7,13,18-23,32H2,1-3H3. The average Bonchev–Trinajstić information content (AvgIpc) is 3.29. The number of nitrogen functional groups attached to an aromatic ring is 1. The molecule has 9 heteroatoms. The van der Waals surface area contributed by atoms with Crippen molar-refractivity contribution in [1.29, 1.82) is 0 Å². The summed E-state index contributed by atoms with van der Waals surface area (Å²) in [5.74, 6) is 0.510.